The molecule has 0 saturated heterocycles. The molecule has 0 aliphatic carbocycles. The number of rotatable bonds is 3. The molecule has 1 rings (SSSR count). The molecule has 0 aliphatic rings. The molecule has 0 aromatic heterocycles. The minimum atomic E-state index is -1.06. The highest BCUT2D eigenvalue weighted by Gasteiger charge is 2.19. The zero-order valence-corrected chi connectivity index (χ0v) is 11.1. The molecule has 0 aliphatic heterocycles. The van der Waals surface area contributed by atoms with E-state index < -0.39 is 17.7 Å². The molecule has 0 bridgehead atoms. The van der Waals surface area contributed by atoms with Crippen molar-refractivity contribution in [3.05, 3.63) is 23.8 Å². The number of benzene rings is 1. The maximum atomic E-state index is 11.6. The fourth-order valence-electron chi connectivity index (χ4n) is 1.45. The lowest BCUT2D eigenvalue weighted by atomic mass is 10.1. The van der Waals surface area contributed by atoms with E-state index in [0.29, 0.717) is 5.56 Å². The molecule has 1 aromatic carbocycles. The summed E-state index contributed by atoms with van der Waals surface area (Å²) in [5.41, 5.74) is -0.320. The van der Waals surface area contributed by atoms with Crippen molar-refractivity contribution in [2.45, 2.75) is 32.8 Å². The van der Waals surface area contributed by atoms with Gasteiger partial charge in [-0.05, 0) is 32.4 Å². The number of amides is 1. The standard InChI is InChI=1S/C13H17NO5/c1-13(2,3)19-12(18)14-11-8(7-10(16)17)5-4-6-9(11)15/h4-6,15H,7H2,1-3H3,(H,14,18)(H,16,17). The Morgan fingerprint density at radius 3 is 2.47 bits per heavy atom. The number of carboxylic acid groups (broad SMARTS) is 1. The first-order chi connectivity index (χ1) is 8.69. The summed E-state index contributed by atoms with van der Waals surface area (Å²) < 4.78 is 5.05. The first kappa shape index (κ1) is 14.8. The van der Waals surface area contributed by atoms with E-state index in [4.69, 9.17) is 9.84 Å². The Kier molecular flexibility index (Phi) is 4.37. The van der Waals surface area contributed by atoms with Crippen molar-refractivity contribution in [2.24, 2.45) is 0 Å². The van der Waals surface area contributed by atoms with Gasteiger partial charge in [0, 0.05) is 0 Å². The Morgan fingerprint density at radius 2 is 1.95 bits per heavy atom. The van der Waals surface area contributed by atoms with Gasteiger partial charge in [-0.3, -0.25) is 10.1 Å². The number of aliphatic carboxylic acids is 1. The van der Waals surface area contributed by atoms with Gasteiger partial charge in [0.15, 0.2) is 0 Å². The second kappa shape index (κ2) is 5.60. The van der Waals surface area contributed by atoms with Gasteiger partial charge in [-0.25, -0.2) is 4.79 Å². The highest BCUT2D eigenvalue weighted by molar-refractivity contribution is 5.89. The lowest BCUT2D eigenvalue weighted by molar-refractivity contribution is -0.136. The first-order valence-corrected chi connectivity index (χ1v) is 5.71. The highest BCUT2D eigenvalue weighted by Crippen LogP contribution is 2.28. The number of phenolic OH excluding ortho intramolecular Hbond substituents is 1. The molecule has 3 N–H and O–H groups in total. The molecule has 104 valence electrons. The van der Waals surface area contributed by atoms with E-state index in [0.717, 1.165) is 0 Å². The number of aromatic hydroxyl groups is 1. The zero-order chi connectivity index (χ0) is 14.6. The number of phenols is 1. The number of nitrogens with one attached hydrogen (secondary N) is 1. The predicted molar refractivity (Wildman–Crippen MR) is 69.3 cm³/mol. The van der Waals surface area contributed by atoms with Gasteiger partial charge < -0.3 is 14.9 Å². The minimum absolute atomic E-state index is 0.0548. The van der Waals surface area contributed by atoms with Gasteiger partial charge in [-0.1, -0.05) is 12.1 Å². The molecule has 0 unspecified atom stereocenters. The van der Waals surface area contributed by atoms with Crippen LogP contribution in [0.15, 0.2) is 18.2 Å². The first-order valence-electron chi connectivity index (χ1n) is 5.71. The second-order valence-electron chi connectivity index (χ2n) is 5.01. The summed E-state index contributed by atoms with van der Waals surface area (Å²) in [7, 11) is 0. The van der Waals surface area contributed by atoms with Crippen molar-refractivity contribution in [1.82, 2.24) is 0 Å². The third kappa shape index (κ3) is 4.87. The van der Waals surface area contributed by atoms with Crippen LogP contribution in [0.2, 0.25) is 0 Å². The largest absolute Gasteiger partial charge is 0.506 e. The third-order valence-electron chi connectivity index (χ3n) is 2.10. The Bertz CT molecular complexity index is 490. The van der Waals surface area contributed by atoms with Crippen molar-refractivity contribution >= 4 is 17.7 Å². The molecule has 0 heterocycles. The van der Waals surface area contributed by atoms with Crippen LogP contribution in [-0.2, 0) is 16.0 Å². The number of carbonyl (C=O) groups is 2. The maximum absolute atomic E-state index is 11.6. The normalized spacial score (nSPS) is 10.9. The van der Waals surface area contributed by atoms with Crippen molar-refractivity contribution in [3.8, 4) is 5.75 Å². The Balaban J connectivity index is 2.93. The van der Waals surface area contributed by atoms with Crippen LogP contribution in [-0.4, -0.2) is 27.9 Å². The molecule has 1 amide bonds. The summed E-state index contributed by atoms with van der Waals surface area (Å²) in [6.45, 7) is 5.11. The van der Waals surface area contributed by atoms with Gasteiger partial charge in [-0.15, -0.1) is 0 Å². The van der Waals surface area contributed by atoms with Gasteiger partial charge in [0.1, 0.15) is 11.4 Å². The Hall–Kier alpha value is -2.24. The quantitative estimate of drug-likeness (QED) is 0.731. The van der Waals surface area contributed by atoms with Crippen LogP contribution in [0.4, 0.5) is 10.5 Å². The topological polar surface area (TPSA) is 95.9 Å². The molecule has 19 heavy (non-hydrogen) atoms. The molecule has 6 heteroatoms. The molecule has 0 radical (unpaired) electrons. The maximum Gasteiger partial charge on any atom is 0.412 e. The number of anilines is 1. The number of hydrogen-bond acceptors (Lipinski definition) is 4. The van der Waals surface area contributed by atoms with Crippen LogP contribution >= 0.6 is 0 Å². The van der Waals surface area contributed by atoms with Crippen LogP contribution in [0.25, 0.3) is 0 Å². The van der Waals surface area contributed by atoms with Crippen molar-refractivity contribution in [2.75, 3.05) is 5.32 Å². The predicted octanol–water partition coefficient (Wildman–Crippen LogP) is 2.37. The molecule has 0 spiro atoms. The number of hydrogen-bond donors (Lipinski definition) is 3. The van der Waals surface area contributed by atoms with E-state index in [1.807, 2.05) is 0 Å². The third-order valence-corrected chi connectivity index (χ3v) is 2.10. The van der Waals surface area contributed by atoms with Crippen LogP contribution < -0.4 is 5.32 Å². The molecular formula is C13H17NO5. The molecule has 0 fully saturated rings. The van der Waals surface area contributed by atoms with Gasteiger partial charge in [0.05, 0.1) is 12.1 Å². The van der Waals surface area contributed by atoms with Crippen LogP contribution in [0, 0.1) is 0 Å². The molecule has 0 atom stereocenters. The van der Waals surface area contributed by atoms with E-state index in [1.54, 1.807) is 20.8 Å². The zero-order valence-electron chi connectivity index (χ0n) is 11.1. The van der Waals surface area contributed by atoms with Gasteiger partial charge in [0.25, 0.3) is 0 Å². The smallest absolute Gasteiger partial charge is 0.412 e. The SMILES string of the molecule is CC(C)(C)OC(=O)Nc1c(O)cccc1CC(=O)O. The summed E-state index contributed by atoms with van der Waals surface area (Å²) in [4.78, 5) is 22.3. The summed E-state index contributed by atoms with van der Waals surface area (Å²) in [5, 5.41) is 20.8. The summed E-state index contributed by atoms with van der Waals surface area (Å²) in [5.74, 6) is -1.26. The second-order valence-corrected chi connectivity index (χ2v) is 5.01. The van der Waals surface area contributed by atoms with Crippen LogP contribution in [0.5, 0.6) is 5.75 Å². The van der Waals surface area contributed by atoms with E-state index in [9.17, 15) is 14.7 Å². The monoisotopic (exact) mass is 267 g/mol. The number of ether oxygens (including phenoxy) is 1. The van der Waals surface area contributed by atoms with E-state index in [2.05, 4.69) is 5.32 Å². The minimum Gasteiger partial charge on any atom is -0.506 e. The van der Waals surface area contributed by atoms with Crippen LogP contribution in [0.1, 0.15) is 26.3 Å². The average Bonchev–Trinajstić information content (AvgIpc) is 2.19. The van der Waals surface area contributed by atoms with Gasteiger partial charge >= 0.3 is 12.1 Å². The Morgan fingerprint density at radius 1 is 1.32 bits per heavy atom. The lowest BCUT2D eigenvalue weighted by Gasteiger charge is -2.20. The number of para-hydroxylation sites is 1. The fraction of sp³-hybridized carbons (Fsp3) is 0.385. The molecular weight excluding hydrogens is 250 g/mol. The molecule has 1 aromatic rings. The van der Waals surface area contributed by atoms with E-state index >= 15 is 0 Å². The van der Waals surface area contributed by atoms with Crippen molar-refractivity contribution in [3.63, 3.8) is 0 Å². The van der Waals surface area contributed by atoms with Gasteiger partial charge in [-0.2, -0.15) is 0 Å². The van der Waals surface area contributed by atoms with Gasteiger partial charge in [0.2, 0.25) is 0 Å². The average molecular weight is 267 g/mol. The lowest BCUT2D eigenvalue weighted by Crippen LogP contribution is -2.27. The Labute approximate surface area is 111 Å². The van der Waals surface area contributed by atoms with Crippen molar-refractivity contribution < 1.29 is 24.5 Å². The van der Waals surface area contributed by atoms with Crippen molar-refractivity contribution in [1.29, 1.82) is 0 Å². The summed E-state index contributed by atoms with van der Waals surface area (Å²) in [6.07, 6.45) is -1.06. The molecule has 0 saturated carbocycles. The number of carboxylic acids is 1. The molecule has 6 nitrogen and oxygen atoms in total. The number of carbonyl (C=O) groups excluding carboxylic acids is 1. The summed E-state index contributed by atoms with van der Waals surface area (Å²) >= 11 is 0. The highest BCUT2D eigenvalue weighted by atomic mass is 16.6. The fourth-order valence-corrected chi connectivity index (χ4v) is 1.45. The van der Waals surface area contributed by atoms with Crippen LogP contribution in [0.3, 0.4) is 0 Å². The summed E-state index contributed by atoms with van der Waals surface area (Å²) in [6, 6.07) is 4.38. The van der Waals surface area contributed by atoms with E-state index in [1.165, 1.54) is 18.2 Å². The van der Waals surface area contributed by atoms with E-state index in [-0.39, 0.29) is 17.9 Å².